The number of aromatic nitrogens is 2. The molecule has 0 fully saturated rings. The van der Waals surface area contributed by atoms with Gasteiger partial charge in [-0.1, -0.05) is 12.1 Å². The highest BCUT2D eigenvalue weighted by molar-refractivity contribution is 5.82. The second kappa shape index (κ2) is 6.96. The van der Waals surface area contributed by atoms with E-state index in [1.165, 1.54) is 0 Å². The number of amides is 1. The van der Waals surface area contributed by atoms with E-state index in [4.69, 9.17) is 9.47 Å². The quantitative estimate of drug-likeness (QED) is 0.911. The van der Waals surface area contributed by atoms with Gasteiger partial charge in [-0.2, -0.15) is 0 Å². The summed E-state index contributed by atoms with van der Waals surface area (Å²) in [5, 5.41) is 2.84. The summed E-state index contributed by atoms with van der Waals surface area (Å²) in [6.07, 6.45) is -1.10. The molecule has 7 nitrogen and oxygen atoms in total. The van der Waals surface area contributed by atoms with Crippen LogP contribution in [0.5, 0.6) is 11.5 Å². The molecule has 1 amide bonds. The van der Waals surface area contributed by atoms with Gasteiger partial charge >= 0.3 is 0 Å². The summed E-state index contributed by atoms with van der Waals surface area (Å²) in [6.45, 7) is 3.94. The molecule has 1 aliphatic heterocycles. The molecule has 1 aromatic heterocycles. The number of hydrogen-bond acceptors (Lipinski definition) is 6. The van der Waals surface area contributed by atoms with E-state index in [0.29, 0.717) is 17.3 Å². The smallest absolute Gasteiger partial charge is 0.265 e. The first-order chi connectivity index (χ1) is 11.9. The first-order valence-corrected chi connectivity index (χ1v) is 8.16. The van der Waals surface area contributed by atoms with E-state index in [1.54, 1.807) is 6.07 Å². The van der Waals surface area contributed by atoms with Crippen molar-refractivity contribution in [3.8, 4) is 11.5 Å². The molecule has 1 aliphatic rings. The van der Waals surface area contributed by atoms with Crippen LogP contribution in [0.1, 0.15) is 18.4 Å². The number of carbonyl (C=O) groups is 1. The predicted molar refractivity (Wildman–Crippen MR) is 93.9 cm³/mol. The van der Waals surface area contributed by atoms with Crippen LogP contribution < -0.4 is 19.7 Å². The predicted octanol–water partition coefficient (Wildman–Crippen LogP) is 1.70. The number of aryl methyl sites for hydroxylation is 1. The van der Waals surface area contributed by atoms with Crippen molar-refractivity contribution in [3.05, 3.63) is 41.9 Å². The number of anilines is 1. The van der Waals surface area contributed by atoms with Gasteiger partial charge in [0, 0.05) is 25.9 Å². The zero-order valence-electron chi connectivity index (χ0n) is 14.8. The zero-order chi connectivity index (χ0) is 18.0. The second-order valence-corrected chi connectivity index (χ2v) is 6.20. The van der Waals surface area contributed by atoms with E-state index >= 15 is 0 Å². The molecule has 0 saturated carbocycles. The Labute approximate surface area is 147 Å². The normalized spacial score (nSPS) is 18.6. The molecule has 0 bridgehead atoms. The van der Waals surface area contributed by atoms with Crippen LogP contribution in [0.4, 0.5) is 5.82 Å². The molecule has 0 radical (unpaired) electrons. The van der Waals surface area contributed by atoms with Crippen molar-refractivity contribution in [2.45, 2.75) is 32.6 Å². The van der Waals surface area contributed by atoms with E-state index < -0.39 is 6.10 Å². The van der Waals surface area contributed by atoms with Crippen LogP contribution in [0, 0.1) is 6.92 Å². The van der Waals surface area contributed by atoms with Crippen molar-refractivity contribution < 1.29 is 14.3 Å². The zero-order valence-corrected chi connectivity index (χ0v) is 14.8. The standard InChI is InChI=1S/C18H22N4O3/c1-11-9-16(22(3)4)21-15(20-11)10-19-18(23)17-12(2)24-13-7-5-6-8-14(13)25-17/h5-9,12,17H,10H2,1-4H3,(H,19,23). The van der Waals surface area contributed by atoms with E-state index in [0.717, 1.165) is 11.5 Å². The molecule has 2 unspecified atom stereocenters. The lowest BCUT2D eigenvalue weighted by molar-refractivity contribution is -0.133. The lowest BCUT2D eigenvalue weighted by atomic mass is 10.1. The lowest BCUT2D eigenvalue weighted by Gasteiger charge is -2.30. The van der Waals surface area contributed by atoms with E-state index in [9.17, 15) is 4.79 Å². The molecular weight excluding hydrogens is 320 g/mol. The molecule has 132 valence electrons. The minimum atomic E-state index is -0.715. The fraction of sp³-hybridized carbons (Fsp3) is 0.389. The van der Waals surface area contributed by atoms with Gasteiger partial charge in [-0.3, -0.25) is 4.79 Å². The van der Waals surface area contributed by atoms with Crippen LogP contribution in [0.15, 0.2) is 30.3 Å². The monoisotopic (exact) mass is 342 g/mol. The molecule has 25 heavy (non-hydrogen) atoms. The van der Waals surface area contributed by atoms with Crippen molar-refractivity contribution >= 4 is 11.7 Å². The molecule has 3 rings (SSSR count). The summed E-state index contributed by atoms with van der Waals surface area (Å²) in [5.41, 5.74) is 0.850. The van der Waals surface area contributed by atoms with Crippen molar-refractivity contribution in [1.82, 2.24) is 15.3 Å². The largest absolute Gasteiger partial charge is 0.482 e. The molecule has 2 atom stereocenters. The fourth-order valence-corrected chi connectivity index (χ4v) is 2.59. The third-order valence-corrected chi connectivity index (χ3v) is 3.87. The Morgan fingerprint density at radius 1 is 1.20 bits per heavy atom. The number of hydrogen-bond donors (Lipinski definition) is 1. The maximum atomic E-state index is 12.5. The van der Waals surface area contributed by atoms with Crippen LogP contribution >= 0.6 is 0 Å². The Bertz CT molecular complexity index is 779. The summed E-state index contributed by atoms with van der Waals surface area (Å²) in [4.78, 5) is 23.2. The van der Waals surface area contributed by atoms with Crippen molar-refractivity contribution in [1.29, 1.82) is 0 Å². The molecule has 2 heterocycles. The van der Waals surface area contributed by atoms with Gasteiger partial charge in [0.15, 0.2) is 11.5 Å². The molecule has 0 saturated heterocycles. The van der Waals surface area contributed by atoms with E-state index in [1.807, 2.05) is 57.1 Å². The first-order valence-electron chi connectivity index (χ1n) is 8.16. The third kappa shape index (κ3) is 3.81. The highest BCUT2D eigenvalue weighted by atomic mass is 16.6. The number of ether oxygens (including phenoxy) is 2. The number of benzene rings is 1. The summed E-state index contributed by atoms with van der Waals surface area (Å²) in [5.74, 6) is 2.33. The summed E-state index contributed by atoms with van der Waals surface area (Å²) < 4.78 is 11.6. The molecule has 2 aromatic rings. The fourth-order valence-electron chi connectivity index (χ4n) is 2.59. The van der Waals surface area contributed by atoms with Gasteiger partial charge in [-0.05, 0) is 26.0 Å². The first kappa shape index (κ1) is 17.0. The summed E-state index contributed by atoms with van der Waals surface area (Å²) in [6, 6.07) is 9.21. The van der Waals surface area contributed by atoms with E-state index in [2.05, 4.69) is 15.3 Å². The minimum Gasteiger partial charge on any atom is -0.482 e. The maximum absolute atomic E-state index is 12.5. The number of nitrogens with zero attached hydrogens (tertiary/aromatic N) is 3. The Morgan fingerprint density at radius 2 is 1.88 bits per heavy atom. The van der Waals surface area contributed by atoms with Crippen molar-refractivity contribution in [3.63, 3.8) is 0 Å². The maximum Gasteiger partial charge on any atom is 0.265 e. The number of nitrogens with one attached hydrogen (secondary N) is 1. The van der Waals surface area contributed by atoms with Crippen LogP contribution in [-0.4, -0.2) is 42.2 Å². The number of rotatable bonds is 4. The van der Waals surface area contributed by atoms with Gasteiger partial charge in [0.05, 0.1) is 6.54 Å². The van der Waals surface area contributed by atoms with E-state index in [-0.39, 0.29) is 18.6 Å². The van der Waals surface area contributed by atoms with Crippen molar-refractivity contribution in [2.75, 3.05) is 19.0 Å². The van der Waals surface area contributed by atoms with Gasteiger partial charge in [0.25, 0.3) is 5.91 Å². The molecule has 0 spiro atoms. The number of fused-ring (bicyclic) bond motifs is 1. The lowest BCUT2D eigenvalue weighted by Crippen LogP contribution is -2.48. The SMILES string of the molecule is Cc1cc(N(C)C)nc(CNC(=O)C2Oc3ccccc3OC2C)n1. The Balaban J connectivity index is 1.67. The van der Waals surface area contributed by atoms with Crippen LogP contribution in [0.3, 0.4) is 0 Å². The highest BCUT2D eigenvalue weighted by Crippen LogP contribution is 2.33. The molecule has 1 N–H and O–H groups in total. The molecule has 7 heteroatoms. The van der Waals surface area contributed by atoms with Gasteiger partial charge in [-0.25, -0.2) is 9.97 Å². The summed E-state index contributed by atoms with van der Waals surface area (Å²) >= 11 is 0. The second-order valence-electron chi connectivity index (χ2n) is 6.20. The Kier molecular flexibility index (Phi) is 4.74. The number of para-hydroxylation sites is 2. The average molecular weight is 342 g/mol. The average Bonchev–Trinajstić information content (AvgIpc) is 2.58. The Morgan fingerprint density at radius 3 is 2.56 bits per heavy atom. The van der Waals surface area contributed by atoms with Crippen LogP contribution in [0.25, 0.3) is 0 Å². The molecular formula is C18H22N4O3. The molecule has 0 aliphatic carbocycles. The van der Waals surface area contributed by atoms with Gasteiger partial charge < -0.3 is 19.7 Å². The van der Waals surface area contributed by atoms with Gasteiger partial charge in [0.2, 0.25) is 6.10 Å². The summed E-state index contributed by atoms with van der Waals surface area (Å²) in [7, 11) is 3.83. The highest BCUT2D eigenvalue weighted by Gasteiger charge is 2.33. The van der Waals surface area contributed by atoms with Gasteiger partial charge in [-0.15, -0.1) is 0 Å². The van der Waals surface area contributed by atoms with Gasteiger partial charge in [0.1, 0.15) is 17.7 Å². The molecule has 1 aromatic carbocycles. The third-order valence-electron chi connectivity index (χ3n) is 3.87. The van der Waals surface area contributed by atoms with Crippen LogP contribution in [-0.2, 0) is 11.3 Å². The minimum absolute atomic E-state index is 0.232. The Hall–Kier alpha value is -2.83. The van der Waals surface area contributed by atoms with Crippen molar-refractivity contribution in [2.24, 2.45) is 0 Å². The topological polar surface area (TPSA) is 76.6 Å². The number of carbonyl (C=O) groups excluding carboxylic acids is 1. The van der Waals surface area contributed by atoms with Crippen LogP contribution in [0.2, 0.25) is 0 Å².